The van der Waals surface area contributed by atoms with Gasteiger partial charge in [0.05, 0.1) is 11.3 Å². The van der Waals surface area contributed by atoms with Crippen LogP contribution in [-0.4, -0.2) is 9.56 Å². The molecule has 0 aliphatic carbocycles. The number of hydrogen-bond acceptors (Lipinski definition) is 2. The van der Waals surface area contributed by atoms with Crippen LogP contribution >= 0.6 is 12.2 Å². The van der Waals surface area contributed by atoms with E-state index in [1.54, 1.807) is 10.6 Å². The Morgan fingerprint density at radius 3 is 2.45 bits per heavy atom. The number of benzene rings is 1. The van der Waals surface area contributed by atoms with E-state index < -0.39 is 0 Å². The van der Waals surface area contributed by atoms with Crippen molar-refractivity contribution < 1.29 is 0 Å². The third-order valence-electron chi connectivity index (χ3n) is 3.48. The monoisotopic (exact) mass is 286 g/mol. The molecule has 0 amide bonds. The molecule has 20 heavy (non-hydrogen) atoms. The van der Waals surface area contributed by atoms with Crippen molar-refractivity contribution in [2.45, 2.75) is 26.3 Å². The Morgan fingerprint density at radius 2 is 1.90 bits per heavy atom. The van der Waals surface area contributed by atoms with Gasteiger partial charge in [-0.25, -0.2) is 0 Å². The molecular formula is C16H18N2OS. The molecule has 0 aliphatic rings. The molecule has 0 bridgehead atoms. The number of thiocarbonyl (C=S) groups is 1. The van der Waals surface area contributed by atoms with Gasteiger partial charge in [0.25, 0.3) is 5.56 Å². The first-order chi connectivity index (χ1) is 9.56. The van der Waals surface area contributed by atoms with Crippen LogP contribution in [0.2, 0.25) is 0 Å². The quantitative estimate of drug-likeness (QED) is 0.878. The molecule has 0 radical (unpaired) electrons. The van der Waals surface area contributed by atoms with Crippen LogP contribution in [0.5, 0.6) is 0 Å². The molecule has 0 fully saturated rings. The Hall–Kier alpha value is -1.94. The highest BCUT2D eigenvalue weighted by Gasteiger charge is 2.15. The molecule has 2 aromatic rings. The first-order valence-electron chi connectivity index (χ1n) is 6.67. The largest absolute Gasteiger partial charge is 0.389 e. The summed E-state index contributed by atoms with van der Waals surface area (Å²) in [5.74, 6) is 0. The molecule has 0 spiro atoms. The predicted octanol–water partition coefficient (Wildman–Crippen LogP) is 3.12. The van der Waals surface area contributed by atoms with Gasteiger partial charge in [0.2, 0.25) is 0 Å². The number of hydrogen-bond donors (Lipinski definition) is 1. The predicted molar refractivity (Wildman–Crippen MR) is 87.0 cm³/mol. The fourth-order valence-electron chi connectivity index (χ4n) is 2.20. The topological polar surface area (TPSA) is 48.0 Å². The first-order valence-corrected chi connectivity index (χ1v) is 7.07. The lowest BCUT2D eigenvalue weighted by Crippen LogP contribution is -2.31. The molecule has 1 aromatic heterocycles. The third-order valence-corrected chi connectivity index (χ3v) is 3.70. The summed E-state index contributed by atoms with van der Waals surface area (Å²) in [5.41, 5.74) is 7.82. The van der Waals surface area contributed by atoms with Gasteiger partial charge < -0.3 is 10.3 Å². The molecule has 3 nitrogen and oxygen atoms in total. The second-order valence-electron chi connectivity index (χ2n) is 4.79. The van der Waals surface area contributed by atoms with E-state index in [9.17, 15) is 4.79 Å². The zero-order valence-corrected chi connectivity index (χ0v) is 12.5. The smallest absolute Gasteiger partial charge is 0.261 e. The van der Waals surface area contributed by atoms with Crippen molar-refractivity contribution in [3.8, 4) is 11.3 Å². The molecule has 1 unspecified atom stereocenters. The fraction of sp³-hybridized carbons (Fsp3) is 0.250. The van der Waals surface area contributed by atoms with Gasteiger partial charge in [-0.3, -0.25) is 4.79 Å². The molecule has 4 heteroatoms. The maximum absolute atomic E-state index is 12.6. The van der Waals surface area contributed by atoms with Crippen molar-refractivity contribution >= 4 is 17.2 Å². The fourth-order valence-corrected chi connectivity index (χ4v) is 2.36. The number of nitrogens with zero attached hydrogens (tertiary/aromatic N) is 1. The third kappa shape index (κ3) is 2.65. The SMILES string of the molecule is CCC(C)n1c(-c2ccccc2)ccc(C(N)=S)c1=O. The van der Waals surface area contributed by atoms with Crippen molar-refractivity contribution in [2.24, 2.45) is 5.73 Å². The lowest BCUT2D eigenvalue weighted by atomic mass is 10.1. The minimum atomic E-state index is -0.117. The minimum absolute atomic E-state index is 0.0898. The average molecular weight is 286 g/mol. The summed E-state index contributed by atoms with van der Waals surface area (Å²) in [6, 6.07) is 13.6. The normalized spacial score (nSPS) is 12.1. The minimum Gasteiger partial charge on any atom is -0.389 e. The Bertz CT molecular complexity index is 677. The van der Waals surface area contributed by atoms with E-state index in [-0.39, 0.29) is 16.6 Å². The lowest BCUT2D eigenvalue weighted by molar-refractivity contribution is 0.519. The van der Waals surface area contributed by atoms with Gasteiger partial charge in [0, 0.05) is 6.04 Å². The van der Waals surface area contributed by atoms with Crippen LogP contribution in [0.25, 0.3) is 11.3 Å². The highest BCUT2D eigenvalue weighted by Crippen LogP contribution is 2.22. The zero-order valence-electron chi connectivity index (χ0n) is 11.7. The van der Waals surface area contributed by atoms with Gasteiger partial charge in [-0.05, 0) is 31.0 Å². The average Bonchev–Trinajstić information content (AvgIpc) is 2.46. The van der Waals surface area contributed by atoms with Gasteiger partial charge in [0.15, 0.2) is 0 Å². The lowest BCUT2D eigenvalue weighted by Gasteiger charge is -2.19. The second-order valence-corrected chi connectivity index (χ2v) is 5.23. The summed E-state index contributed by atoms with van der Waals surface area (Å²) in [7, 11) is 0. The molecule has 2 rings (SSSR count). The van der Waals surface area contributed by atoms with Crippen molar-refractivity contribution in [3.63, 3.8) is 0 Å². The van der Waals surface area contributed by atoms with Crippen molar-refractivity contribution in [1.29, 1.82) is 0 Å². The van der Waals surface area contributed by atoms with E-state index in [2.05, 4.69) is 6.92 Å². The summed E-state index contributed by atoms with van der Waals surface area (Å²) in [6.07, 6.45) is 0.862. The van der Waals surface area contributed by atoms with Gasteiger partial charge in [-0.1, -0.05) is 49.5 Å². The molecule has 0 saturated carbocycles. The number of aromatic nitrogens is 1. The number of rotatable bonds is 4. The van der Waals surface area contributed by atoms with Crippen LogP contribution in [0.4, 0.5) is 0 Å². The van der Waals surface area contributed by atoms with E-state index in [0.717, 1.165) is 17.7 Å². The van der Waals surface area contributed by atoms with Crippen LogP contribution in [-0.2, 0) is 0 Å². The molecule has 104 valence electrons. The Morgan fingerprint density at radius 1 is 1.25 bits per heavy atom. The van der Waals surface area contributed by atoms with Crippen molar-refractivity contribution in [2.75, 3.05) is 0 Å². The summed E-state index contributed by atoms with van der Waals surface area (Å²) >= 11 is 4.96. The maximum Gasteiger partial charge on any atom is 0.261 e. The Balaban J connectivity index is 2.73. The molecule has 1 aromatic carbocycles. The standard InChI is InChI=1S/C16H18N2OS/c1-3-11(2)18-14(12-7-5-4-6-8-12)10-9-13(15(17)20)16(18)19/h4-11H,3H2,1-2H3,(H2,17,20). The number of pyridine rings is 1. The summed E-state index contributed by atoms with van der Waals surface area (Å²) in [5, 5.41) is 0. The molecular weight excluding hydrogens is 268 g/mol. The van der Waals surface area contributed by atoms with Crippen molar-refractivity contribution in [3.05, 3.63) is 58.4 Å². The van der Waals surface area contributed by atoms with E-state index in [1.807, 2.05) is 43.3 Å². The van der Waals surface area contributed by atoms with Crippen LogP contribution in [0, 0.1) is 0 Å². The molecule has 1 atom stereocenters. The zero-order chi connectivity index (χ0) is 14.7. The van der Waals surface area contributed by atoms with Crippen LogP contribution in [0.1, 0.15) is 31.9 Å². The van der Waals surface area contributed by atoms with Crippen LogP contribution < -0.4 is 11.3 Å². The maximum atomic E-state index is 12.6. The van der Waals surface area contributed by atoms with Gasteiger partial charge in [0.1, 0.15) is 4.99 Å². The van der Waals surface area contributed by atoms with Gasteiger partial charge in [-0.15, -0.1) is 0 Å². The molecule has 2 N–H and O–H groups in total. The second kappa shape index (κ2) is 6.01. The molecule has 0 saturated heterocycles. The van der Waals surface area contributed by atoms with E-state index in [1.165, 1.54) is 0 Å². The Labute approximate surface area is 124 Å². The Kier molecular flexibility index (Phi) is 4.35. The van der Waals surface area contributed by atoms with Gasteiger partial charge >= 0.3 is 0 Å². The van der Waals surface area contributed by atoms with Crippen LogP contribution in [0.3, 0.4) is 0 Å². The van der Waals surface area contributed by atoms with Crippen LogP contribution in [0.15, 0.2) is 47.3 Å². The molecule has 1 heterocycles. The highest BCUT2D eigenvalue weighted by molar-refractivity contribution is 7.80. The number of nitrogens with two attached hydrogens (primary N) is 1. The first kappa shape index (κ1) is 14.5. The summed E-state index contributed by atoms with van der Waals surface area (Å²) in [6.45, 7) is 4.08. The van der Waals surface area contributed by atoms with Gasteiger partial charge in [-0.2, -0.15) is 0 Å². The summed E-state index contributed by atoms with van der Waals surface area (Å²) in [4.78, 5) is 12.7. The van der Waals surface area contributed by atoms with Crippen molar-refractivity contribution in [1.82, 2.24) is 4.57 Å². The summed E-state index contributed by atoms with van der Waals surface area (Å²) < 4.78 is 1.78. The molecule has 0 aliphatic heterocycles. The van der Waals surface area contributed by atoms with E-state index in [0.29, 0.717) is 5.56 Å². The highest BCUT2D eigenvalue weighted by atomic mass is 32.1. The van der Waals surface area contributed by atoms with E-state index >= 15 is 0 Å². The van der Waals surface area contributed by atoms with E-state index in [4.69, 9.17) is 18.0 Å².